The Labute approximate surface area is 199 Å². The van der Waals surface area contributed by atoms with Crippen molar-refractivity contribution in [1.29, 1.82) is 0 Å². The van der Waals surface area contributed by atoms with Crippen molar-refractivity contribution in [3.05, 3.63) is 77.4 Å². The summed E-state index contributed by atoms with van der Waals surface area (Å²) in [7, 11) is 0. The predicted molar refractivity (Wildman–Crippen MR) is 127 cm³/mol. The first-order valence-electron chi connectivity index (χ1n) is 11.9. The van der Waals surface area contributed by atoms with E-state index < -0.39 is 17.4 Å². The minimum atomic E-state index is -1.32. The summed E-state index contributed by atoms with van der Waals surface area (Å²) in [5, 5.41) is 11.2. The van der Waals surface area contributed by atoms with Gasteiger partial charge in [0.1, 0.15) is 11.6 Å². The topological polar surface area (TPSA) is 53.0 Å². The minimum absolute atomic E-state index is 0.301. The number of halogens is 2. The highest BCUT2D eigenvalue weighted by Gasteiger charge is 2.62. The number of hydrogen-bond acceptors (Lipinski definition) is 4. The van der Waals surface area contributed by atoms with E-state index >= 15 is 0 Å². The molecule has 0 aliphatic carbocycles. The molecule has 4 rings (SSSR count). The first kappa shape index (κ1) is 24.4. The van der Waals surface area contributed by atoms with Crippen molar-refractivity contribution >= 4 is 11.7 Å². The lowest BCUT2D eigenvalue weighted by molar-refractivity contribution is -0.164. The number of carbonyl (C=O) groups is 1. The third-order valence-electron chi connectivity index (χ3n) is 7.11. The number of aliphatic hydroxyl groups is 1. The second-order valence-corrected chi connectivity index (χ2v) is 9.30. The van der Waals surface area contributed by atoms with Gasteiger partial charge in [0.05, 0.1) is 0 Å². The van der Waals surface area contributed by atoms with E-state index in [0.29, 0.717) is 32.5 Å². The second-order valence-electron chi connectivity index (χ2n) is 9.30. The van der Waals surface area contributed by atoms with Crippen LogP contribution in [0.25, 0.3) is 5.57 Å². The highest BCUT2D eigenvalue weighted by molar-refractivity contribution is 5.79. The smallest absolute Gasteiger partial charge is 0.412 e. The summed E-state index contributed by atoms with van der Waals surface area (Å²) in [6, 6.07) is 12.6. The van der Waals surface area contributed by atoms with E-state index in [1.807, 2.05) is 6.92 Å². The summed E-state index contributed by atoms with van der Waals surface area (Å²) < 4.78 is 32.6. The maximum Gasteiger partial charge on any atom is 0.412 e. The maximum absolute atomic E-state index is 13.4. The van der Waals surface area contributed by atoms with Crippen molar-refractivity contribution in [3.63, 3.8) is 0 Å². The number of rotatable bonds is 7. The molecular formula is C27H32F2N2O3. The van der Waals surface area contributed by atoms with Crippen LogP contribution in [0.15, 0.2) is 54.6 Å². The van der Waals surface area contributed by atoms with Gasteiger partial charge in [-0.2, -0.15) is 0 Å². The van der Waals surface area contributed by atoms with E-state index in [9.17, 15) is 18.7 Å². The van der Waals surface area contributed by atoms with Gasteiger partial charge in [0.2, 0.25) is 0 Å². The lowest BCUT2D eigenvalue weighted by atomic mass is 9.82. The summed E-state index contributed by atoms with van der Waals surface area (Å²) in [6.07, 6.45) is 4.29. The molecule has 0 saturated carbocycles. The molecule has 1 unspecified atom stereocenters. The molecular weight excluding hydrogens is 438 g/mol. The maximum atomic E-state index is 13.4. The molecule has 2 aliphatic heterocycles. The summed E-state index contributed by atoms with van der Waals surface area (Å²) >= 11 is 0. The monoisotopic (exact) mass is 470 g/mol. The standard InChI is InChI=1S/C27H32F2N2O3/c1-3-16-31-25(32)34-27(26(31,2)33)14-18-30(19-15-27)17-4-5-24(20-6-10-22(28)11-7-20)21-8-12-23(29)13-9-21/h5-13,33H,3-4,14-19H2,1-2H3. The quantitative estimate of drug-likeness (QED) is 0.605. The molecule has 7 heteroatoms. The van der Waals surface area contributed by atoms with Crippen LogP contribution in [0.4, 0.5) is 13.6 Å². The van der Waals surface area contributed by atoms with Crippen LogP contribution >= 0.6 is 0 Å². The molecule has 5 nitrogen and oxygen atoms in total. The molecule has 0 bridgehead atoms. The van der Waals surface area contributed by atoms with Crippen molar-refractivity contribution in [3.8, 4) is 0 Å². The van der Waals surface area contributed by atoms with E-state index in [-0.39, 0.29) is 11.6 Å². The molecule has 1 amide bonds. The molecule has 2 aromatic rings. The van der Waals surface area contributed by atoms with Gasteiger partial charge in [-0.15, -0.1) is 0 Å². The Bertz CT molecular complexity index is 979. The van der Waals surface area contributed by atoms with E-state index in [2.05, 4.69) is 11.0 Å². The molecule has 2 aromatic carbocycles. The summed E-state index contributed by atoms with van der Waals surface area (Å²) in [6.45, 7) is 6.33. The normalized spacial score (nSPS) is 22.1. The second kappa shape index (κ2) is 9.84. The van der Waals surface area contributed by atoms with Gasteiger partial charge in [0, 0.05) is 39.0 Å². The highest BCUT2D eigenvalue weighted by Crippen LogP contribution is 2.44. The van der Waals surface area contributed by atoms with Gasteiger partial charge in [0.25, 0.3) is 0 Å². The molecule has 1 spiro atoms. The molecule has 2 heterocycles. The van der Waals surface area contributed by atoms with Crippen LogP contribution in [0.5, 0.6) is 0 Å². The molecule has 182 valence electrons. The minimum Gasteiger partial charge on any atom is -0.437 e. The van der Waals surface area contributed by atoms with Gasteiger partial charge in [-0.3, -0.25) is 4.90 Å². The number of amides is 1. The number of piperidine rings is 1. The van der Waals surface area contributed by atoms with Crippen molar-refractivity contribution in [2.45, 2.75) is 50.9 Å². The van der Waals surface area contributed by atoms with Crippen molar-refractivity contribution < 1.29 is 23.4 Å². The molecule has 1 N–H and O–H groups in total. The Morgan fingerprint density at radius 3 is 2.03 bits per heavy atom. The van der Waals surface area contributed by atoms with Crippen molar-refractivity contribution in [2.75, 3.05) is 26.2 Å². The number of ether oxygens (including phenoxy) is 1. The highest BCUT2D eigenvalue weighted by atomic mass is 19.1. The molecule has 1 atom stereocenters. The summed E-state index contributed by atoms with van der Waals surface area (Å²) in [5.74, 6) is -0.601. The van der Waals surface area contributed by atoms with E-state index in [4.69, 9.17) is 4.74 Å². The fraction of sp³-hybridized carbons (Fsp3) is 0.444. The van der Waals surface area contributed by atoms with Gasteiger partial charge in [-0.05, 0) is 60.7 Å². The van der Waals surface area contributed by atoms with Crippen LogP contribution in [0, 0.1) is 11.6 Å². The van der Waals surface area contributed by atoms with Gasteiger partial charge in [-0.1, -0.05) is 37.3 Å². The Morgan fingerprint density at radius 1 is 1.00 bits per heavy atom. The predicted octanol–water partition coefficient (Wildman–Crippen LogP) is 5.19. The molecule has 2 aliphatic rings. The van der Waals surface area contributed by atoms with Gasteiger partial charge in [-0.25, -0.2) is 13.6 Å². The average molecular weight is 471 g/mol. The number of carbonyl (C=O) groups excluding carboxylic acids is 1. The number of benzene rings is 2. The Balaban J connectivity index is 1.43. The lowest BCUT2D eigenvalue weighted by Gasteiger charge is -2.44. The number of nitrogens with zero attached hydrogens (tertiary/aromatic N) is 2. The number of hydrogen-bond donors (Lipinski definition) is 1. The van der Waals surface area contributed by atoms with Crippen LogP contribution in [-0.2, 0) is 4.74 Å². The van der Waals surface area contributed by atoms with Gasteiger partial charge in [0.15, 0.2) is 11.3 Å². The molecule has 0 aromatic heterocycles. The Morgan fingerprint density at radius 2 is 1.53 bits per heavy atom. The third-order valence-corrected chi connectivity index (χ3v) is 7.11. The molecule has 2 fully saturated rings. The molecule has 0 radical (unpaired) electrons. The average Bonchev–Trinajstić information content (AvgIpc) is 3.00. The van der Waals surface area contributed by atoms with E-state index in [1.165, 1.54) is 29.2 Å². The zero-order valence-corrected chi connectivity index (χ0v) is 19.8. The van der Waals surface area contributed by atoms with Crippen LogP contribution < -0.4 is 0 Å². The van der Waals surface area contributed by atoms with Gasteiger partial charge < -0.3 is 14.7 Å². The molecule has 34 heavy (non-hydrogen) atoms. The van der Waals surface area contributed by atoms with Gasteiger partial charge >= 0.3 is 6.09 Å². The largest absolute Gasteiger partial charge is 0.437 e. The van der Waals surface area contributed by atoms with Crippen LogP contribution in [0.3, 0.4) is 0 Å². The van der Waals surface area contributed by atoms with Crippen LogP contribution in [0.1, 0.15) is 50.7 Å². The Hall–Kier alpha value is -2.77. The fourth-order valence-corrected chi connectivity index (χ4v) is 5.04. The van der Waals surface area contributed by atoms with Crippen LogP contribution in [0.2, 0.25) is 0 Å². The van der Waals surface area contributed by atoms with Crippen LogP contribution in [-0.4, -0.2) is 58.5 Å². The zero-order chi connectivity index (χ0) is 24.3. The van der Waals surface area contributed by atoms with E-state index in [0.717, 1.165) is 36.1 Å². The summed E-state index contributed by atoms with van der Waals surface area (Å²) in [4.78, 5) is 16.1. The Kier molecular flexibility index (Phi) is 7.05. The van der Waals surface area contributed by atoms with Crippen molar-refractivity contribution in [2.24, 2.45) is 0 Å². The lowest BCUT2D eigenvalue weighted by Crippen LogP contribution is -2.60. The first-order chi connectivity index (χ1) is 16.3. The SMILES string of the molecule is CCCN1C(=O)OC2(CCN(CCC=C(c3ccc(F)cc3)c3ccc(F)cc3)CC2)C1(C)O. The zero-order valence-electron chi connectivity index (χ0n) is 19.8. The third kappa shape index (κ3) is 4.72. The molecule has 2 saturated heterocycles. The number of likely N-dealkylation sites (tertiary alicyclic amines) is 1. The van der Waals surface area contributed by atoms with Crippen molar-refractivity contribution in [1.82, 2.24) is 9.80 Å². The first-order valence-corrected chi connectivity index (χ1v) is 11.9. The summed E-state index contributed by atoms with van der Waals surface area (Å²) in [5.41, 5.74) is 0.478. The fourth-order valence-electron chi connectivity index (χ4n) is 5.04. The van der Waals surface area contributed by atoms with E-state index in [1.54, 1.807) is 31.2 Å².